The van der Waals surface area contributed by atoms with Gasteiger partial charge in [-0.15, -0.1) is 11.3 Å². The summed E-state index contributed by atoms with van der Waals surface area (Å²) in [6.45, 7) is 0. The van der Waals surface area contributed by atoms with Crippen LogP contribution in [0.2, 0.25) is 0 Å². The molecule has 12 aromatic rings. The van der Waals surface area contributed by atoms with Crippen molar-refractivity contribution >= 4 is 75.3 Å². The van der Waals surface area contributed by atoms with E-state index in [1.807, 2.05) is 78.9 Å². The summed E-state index contributed by atoms with van der Waals surface area (Å²) in [5.41, 5.74) is 9.96. The molecule has 0 fully saturated rings. The van der Waals surface area contributed by atoms with E-state index in [9.17, 15) is 5.26 Å². The number of fused-ring (bicyclic) bond motifs is 9. The molecule has 0 N–H and O–H groups in total. The standard InChI is InChI=1S/C52H29N5OS/c53-30-33-18-11-22-38-39-24-12-23-37(49(39)59-48(33)38)36-21-13-27-43-45(36)47-44(58-43)29-28-42(57-40-25-9-7-19-34(40)35-20-8-10-26-41(35)57)46(47)52-55-50(31-14-3-1-4-15-31)54-51(56-52)32-16-5-2-6-17-32/h1-29H. The molecule has 0 aliphatic rings. The van der Waals surface area contributed by atoms with Crippen molar-refractivity contribution in [3.8, 4) is 57.0 Å². The molecule has 0 amide bonds. The van der Waals surface area contributed by atoms with Gasteiger partial charge in [-0.3, -0.25) is 0 Å². The van der Waals surface area contributed by atoms with Crippen LogP contribution in [0.15, 0.2) is 180 Å². The van der Waals surface area contributed by atoms with Gasteiger partial charge in [-0.05, 0) is 42.0 Å². The smallest absolute Gasteiger partial charge is 0.166 e. The third kappa shape index (κ3) is 5.07. The zero-order valence-electron chi connectivity index (χ0n) is 31.3. The van der Waals surface area contributed by atoms with Crippen LogP contribution < -0.4 is 0 Å². The van der Waals surface area contributed by atoms with Gasteiger partial charge in [0.05, 0.1) is 32.5 Å². The summed E-state index contributed by atoms with van der Waals surface area (Å²) >= 11 is 1.66. The molecule has 0 bridgehead atoms. The Morgan fingerprint density at radius 1 is 0.458 bits per heavy atom. The first-order valence-corrected chi connectivity index (χ1v) is 20.2. The molecule has 0 spiro atoms. The Bertz CT molecular complexity index is 3580. The van der Waals surface area contributed by atoms with E-state index in [1.165, 1.54) is 0 Å². The lowest BCUT2D eigenvalue weighted by molar-refractivity contribution is 0.669. The Hall–Kier alpha value is -7.92. The van der Waals surface area contributed by atoms with Gasteiger partial charge in [-0.2, -0.15) is 5.26 Å². The van der Waals surface area contributed by atoms with E-state index in [-0.39, 0.29) is 0 Å². The number of thiophene rings is 1. The first kappa shape index (κ1) is 33.2. The molecule has 59 heavy (non-hydrogen) atoms. The maximum Gasteiger partial charge on any atom is 0.166 e. The molecule has 0 unspecified atom stereocenters. The zero-order chi connectivity index (χ0) is 39.0. The summed E-state index contributed by atoms with van der Waals surface area (Å²) in [5, 5.41) is 16.5. The Kier molecular flexibility index (Phi) is 7.36. The molecule has 8 aromatic carbocycles. The lowest BCUT2D eigenvalue weighted by Gasteiger charge is -2.16. The highest BCUT2D eigenvalue weighted by Crippen LogP contribution is 2.48. The molecular weight excluding hydrogens is 743 g/mol. The monoisotopic (exact) mass is 771 g/mol. The van der Waals surface area contributed by atoms with E-state index in [1.54, 1.807) is 11.3 Å². The van der Waals surface area contributed by atoms with Crippen LogP contribution >= 0.6 is 11.3 Å². The molecule has 4 heterocycles. The lowest BCUT2D eigenvalue weighted by atomic mass is 9.95. The first-order chi connectivity index (χ1) is 29.2. The van der Waals surface area contributed by atoms with Gasteiger partial charge >= 0.3 is 0 Å². The average molecular weight is 772 g/mol. The fourth-order valence-electron chi connectivity index (χ4n) is 8.76. The lowest BCUT2D eigenvalue weighted by Crippen LogP contribution is -2.04. The van der Waals surface area contributed by atoms with Crippen molar-refractivity contribution in [3.05, 3.63) is 181 Å². The van der Waals surface area contributed by atoms with Gasteiger partial charge in [0.25, 0.3) is 0 Å². The molecule has 7 heteroatoms. The van der Waals surface area contributed by atoms with Gasteiger partial charge in [-0.1, -0.05) is 140 Å². The number of rotatable bonds is 5. The molecule has 12 rings (SSSR count). The van der Waals surface area contributed by atoms with Gasteiger partial charge in [0.15, 0.2) is 17.5 Å². The molecule has 0 aliphatic heterocycles. The van der Waals surface area contributed by atoms with Crippen molar-refractivity contribution < 1.29 is 4.42 Å². The molecule has 0 saturated carbocycles. The fourth-order valence-corrected chi connectivity index (χ4v) is 10.0. The van der Waals surface area contributed by atoms with Crippen molar-refractivity contribution in [1.29, 1.82) is 5.26 Å². The second-order valence-corrected chi connectivity index (χ2v) is 15.6. The number of benzene rings is 8. The van der Waals surface area contributed by atoms with Gasteiger partial charge in [0.2, 0.25) is 0 Å². The van der Waals surface area contributed by atoms with Crippen LogP contribution in [0, 0.1) is 11.3 Å². The second kappa shape index (κ2) is 13.1. The van der Waals surface area contributed by atoms with Crippen LogP contribution in [-0.4, -0.2) is 19.5 Å². The molecule has 0 saturated heterocycles. The number of nitriles is 1. The molecule has 0 radical (unpaired) electrons. The molecule has 0 atom stereocenters. The van der Waals surface area contributed by atoms with Crippen molar-refractivity contribution in [1.82, 2.24) is 19.5 Å². The zero-order valence-corrected chi connectivity index (χ0v) is 32.1. The number of para-hydroxylation sites is 2. The quantitative estimate of drug-likeness (QED) is 0.174. The number of aromatic nitrogens is 4. The van der Waals surface area contributed by atoms with E-state index in [0.717, 1.165) is 97.4 Å². The fraction of sp³-hybridized carbons (Fsp3) is 0. The molecule has 6 nitrogen and oxygen atoms in total. The first-order valence-electron chi connectivity index (χ1n) is 19.4. The third-order valence-corrected chi connectivity index (χ3v) is 12.6. The van der Waals surface area contributed by atoms with E-state index >= 15 is 0 Å². The second-order valence-electron chi connectivity index (χ2n) is 14.6. The number of nitrogens with zero attached hydrogens (tertiary/aromatic N) is 5. The van der Waals surface area contributed by atoms with Crippen LogP contribution in [-0.2, 0) is 0 Å². The van der Waals surface area contributed by atoms with Gasteiger partial charge in [0.1, 0.15) is 17.2 Å². The summed E-state index contributed by atoms with van der Waals surface area (Å²) in [5.74, 6) is 1.70. The van der Waals surface area contributed by atoms with Crippen molar-refractivity contribution in [2.75, 3.05) is 0 Å². The Morgan fingerprint density at radius 3 is 1.68 bits per heavy atom. The Balaban J connectivity index is 1.26. The number of hydrogen-bond acceptors (Lipinski definition) is 6. The van der Waals surface area contributed by atoms with Gasteiger partial charge in [0, 0.05) is 53.7 Å². The minimum Gasteiger partial charge on any atom is -0.456 e. The van der Waals surface area contributed by atoms with Crippen LogP contribution in [0.5, 0.6) is 0 Å². The van der Waals surface area contributed by atoms with Crippen molar-refractivity contribution in [3.63, 3.8) is 0 Å². The summed E-state index contributed by atoms with van der Waals surface area (Å²) in [7, 11) is 0. The van der Waals surface area contributed by atoms with E-state index in [4.69, 9.17) is 19.4 Å². The average Bonchev–Trinajstić information content (AvgIpc) is 3.99. The maximum atomic E-state index is 10.1. The Labute approximate surface area is 341 Å². The van der Waals surface area contributed by atoms with E-state index in [0.29, 0.717) is 23.0 Å². The minimum absolute atomic E-state index is 0.538. The highest BCUT2D eigenvalue weighted by Gasteiger charge is 2.26. The predicted octanol–water partition coefficient (Wildman–Crippen LogP) is 13.8. The molecular formula is C52H29N5OS. The van der Waals surface area contributed by atoms with Gasteiger partial charge in [-0.25, -0.2) is 15.0 Å². The summed E-state index contributed by atoms with van der Waals surface area (Å²) < 4.78 is 11.3. The van der Waals surface area contributed by atoms with E-state index < -0.39 is 0 Å². The van der Waals surface area contributed by atoms with Crippen molar-refractivity contribution in [2.45, 2.75) is 0 Å². The molecule has 274 valence electrons. The largest absolute Gasteiger partial charge is 0.456 e. The topological polar surface area (TPSA) is 80.5 Å². The third-order valence-electron chi connectivity index (χ3n) is 11.3. The molecule has 0 aliphatic carbocycles. The summed E-state index contributed by atoms with van der Waals surface area (Å²) in [6, 6.07) is 62.6. The van der Waals surface area contributed by atoms with Crippen LogP contribution in [0.4, 0.5) is 0 Å². The summed E-state index contributed by atoms with van der Waals surface area (Å²) in [6.07, 6.45) is 0. The highest BCUT2D eigenvalue weighted by atomic mass is 32.1. The highest BCUT2D eigenvalue weighted by molar-refractivity contribution is 7.26. The van der Waals surface area contributed by atoms with Gasteiger partial charge < -0.3 is 8.98 Å². The van der Waals surface area contributed by atoms with Crippen LogP contribution in [0.25, 0.3) is 115 Å². The van der Waals surface area contributed by atoms with Crippen molar-refractivity contribution in [2.24, 2.45) is 0 Å². The SMILES string of the molecule is N#Cc1cccc2c1sc1c(-c3cccc4oc5ccc(-n6c7ccccc7c7ccccc76)c(-c6nc(-c7ccccc7)nc(-c7ccccc7)n6)c5c34)cccc12. The molecule has 4 aromatic heterocycles. The predicted molar refractivity (Wildman–Crippen MR) is 241 cm³/mol. The normalized spacial score (nSPS) is 11.7. The summed E-state index contributed by atoms with van der Waals surface area (Å²) in [4.78, 5) is 15.8. The van der Waals surface area contributed by atoms with E-state index in [2.05, 4.69) is 108 Å². The minimum atomic E-state index is 0.538. The van der Waals surface area contributed by atoms with Crippen LogP contribution in [0.1, 0.15) is 5.56 Å². The number of hydrogen-bond donors (Lipinski definition) is 0. The van der Waals surface area contributed by atoms with Crippen LogP contribution in [0.3, 0.4) is 0 Å². The Morgan fingerprint density at radius 2 is 1.00 bits per heavy atom. The maximum absolute atomic E-state index is 10.1. The number of furan rings is 1.